The number of nitrogens with zero attached hydrogens (tertiary/aromatic N) is 2. The van der Waals surface area contributed by atoms with Crippen LogP contribution in [-0.4, -0.2) is 38.6 Å². The van der Waals surface area contributed by atoms with E-state index >= 15 is 0 Å². The molecule has 0 aliphatic carbocycles. The third-order valence-corrected chi connectivity index (χ3v) is 3.44. The van der Waals surface area contributed by atoms with Crippen LogP contribution in [0.15, 0.2) is 23.2 Å². The van der Waals surface area contributed by atoms with Crippen LogP contribution in [0.3, 0.4) is 0 Å². The third kappa shape index (κ3) is 3.37. The number of anilines is 1. The van der Waals surface area contributed by atoms with Gasteiger partial charge in [-0.1, -0.05) is 0 Å². The zero-order valence-electron chi connectivity index (χ0n) is 9.75. The van der Waals surface area contributed by atoms with Crippen LogP contribution in [0, 0.1) is 9.39 Å². The van der Waals surface area contributed by atoms with E-state index in [1.807, 2.05) is 22.6 Å². The first-order valence-corrected chi connectivity index (χ1v) is 6.56. The fourth-order valence-corrected chi connectivity index (χ4v) is 2.04. The van der Waals surface area contributed by atoms with Crippen LogP contribution in [0.5, 0.6) is 0 Å². The molecule has 5 nitrogen and oxygen atoms in total. The molecule has 19 heavy (non-hydrogen) atoms. The van der Waals surface area contributed by atoms with E-state index in [1.54, 1.807) is 12.1 Å². The van der Waals surface area contributed by atoms with Crippen molar-refractivity contribution < 1.29 is 18.6 Å². The van der Waals surface area contributed by atoms with Gasteiger partial charge in [0.05, 0.1) is 0 Å². The number of benzene rings is 1. The quantitative estimate of drug-likeness (QED) is 0.459. The van der Waals surface area contributed by atoms with Gasteiger partial charge in [0.1, 0.15) is 0 Å². The molecule has 98 valence electrons. The normalized spacial score (nSPS) is 18.7. The van der Waals surface area contributed by atoms with E-state index in [2.05, 4.69) is 4.99 Å². The average molecular weight is 374 g/mol. The second kappa shape index (κ2) is 6.22. The van der Waals surface area contributed by atoms with Crippen LogP contribution in [0.4, 0.5) is 14.9 Å². The zero-order chi connectivity index (χ0) is 13.8. The van der Waals surface area contributed by atoms with Crippen molar-refractivity contribution in [1.29, 1.82) is 0 Å². The number of carbonyl (C=O) groups excluding carboxylic acids is 1. The van der Waals surface area contributed by atoms with Crippen molar-refractivity contribution in [2.24, 2.45) is 4.99 Å². The second-order valence-electron chi connectivity index (χ2n) is 3.87. The molecule has 1 aliphatic rings. The Balaban J connectivity index is 2.09. The minimum atomic E-state index is -0.535. The molecule has 1 fully saturated rings. The molecule has 1 atom stereocenters. The Morgan fingerprint density at radius 1 is 1.63 bits per heavy atom. The second-order valence-corrected chi connectivity index (χ2v) is 5.03. The van der Waals surface area contributed by atoms with Gasteiger partial charge in [-0.05, 0) is 0 Å². The zero-order valence-corrected chi connectivity index (χ0v) is 11.9. The van der Waals surface area contributed by atoms with Gasteiger partial charge in [0.2, 0.25) is 0 Å². The molecule has 1 aliphatic heterocycles. The molecule has 0 saturated carbocycles. The van der Waals surface area contributed by atoms with Crippen molar-refractivity contribution in [3.05, 3.63) is 27.6 Å². The summed E-state index contributed by atoms with van der Waals surface area (Å²) in [5.74, 6) is -0.381. The summed E-state index contributed by atoms with van der Waals surface area (Å²) in [6.07, 6.45) is 0.152. The molecule has 0 radical (unpaired) electrons. The third-order valence-electron chi connectivity index (χ3n) is 2.56. The summed E-state index contributed by atoms with van der Waals surface area (Å²) in [6, 6.07) is 4.54. The topological polar surface area (TPSA) is 59.0 Å². The Bertz CT molecular complexity index is 541. The van der Waals surface area contributed by atoms with Gasteiger partial charge in [-0.15, -0.1) is 0 Å². The van der Waals surface area contributed by atoms with Gasteiger partial charge in [-0.3, -0.25) is 0 Å². The average Bonchev–Trinajstić information content (AvgIpc) is 2.74. The van der Waals surface area contributed by atoms with E-state index in [0.717, 1.165) is 6.11 Å². The van der Waals surface area contributed by atoms with E-state index in [-0.39, 0.29) is 18.9 Å². The van der Waals surface area contributed by atoms with Crippen molar-refractivity contribution in [3.63, 3.8) is 0 Å². The molecule has 2 rings (SSSR count). The number of amides is 1. The molecule has 1 amide bonds. The number of carbonyl (C=O) groups is 1. The van der Waals surface area contributed by atoms with E-state index in [0.29, 0.717) is 16.4 Å². The SMILES string of the molecule is O=BC=NC[C@H]1CN(c2ccc(I)c(F)c2)C(=O)O1. The standard InChI is InChI=1S/C11H9BFIN2O3/c13-9-3-7(1-2-10(9)14)16-5-8(19-11(16)17)4-15-6-12-18/h1-3,6,8H,4-5H2/t8-/m0/s1. The number of halogens is 2. The Morgan fingerprint density at radius 2 is 2.42 bits per heavy atom. The number of rotatable bonds is 4. The van der Waals surface area contributed by atoms with Crippen LogP contribution in [0.2, 0.25) is 0 Å². The summed E-state index contributed by atoms with van der Waals surface area (Å²) in [5, 5.41) is 0. The van der Waals surface area contributed by atoms with Crippen molar-refractivity contribution in [1.82, 2.24) is 0 Å². The Hall–Kier alpha value is -1.32. The predicted octanol–water partition coefficient (Wildman–Crippen LogP) is 1.83. The van der Waals surface area contributed by atoms with Gasteiger partial charge in [-0.2, -0.15) is 0 Å². The first-order valence-electron chi connectivity index (χ1n) is 5.48. The van der Waals surface area contributed by atoms with E-state index in [1.165, 1.54) is 11.0 Å². The summed E-state index contributed by atoms with van der Waals surface area (Å²) in [6.45, 7) is 0.503. The molecule has 0 aromatic heterocycles. The van der Waals surface area contributed by atoms with Gasteiger partial charge in [0.15, 0.2) is 0 Å². The molecule has 0 unspecified atom stereocenters. The van der Waals surface area contributed by atoms with Crippen molar-refractivity contribution in [3.8, 4) is 0 Å². The molecule has 0 bridgehead atoms. The van der Waals surface area contributed by atoms with Gasteiger partial charge >= 0.3 is 123 Å². The van der Waals surface area contributed by atoms with Crippen molar-refractivity contribution >= 4 is 47.6 Å². The molecule has 1 saturated heterocycles. The Kier molecular flexibility index (Phi) is 4.62. The van der Waals surface area contributed by atoms with Crippen molar-refractivity contribution in [2.75, 3.05) is 18.0 Å². The summed E-state index contributed by atoms with van der Waals surface area (Å²) >= 11 is 1.87. The monoisotopic (exact) mass is 374 g/mol. The first kappa shape index (κ1) is 14.1. The molecule has 8 heteroatoms. The van der Waals surface area contributed by atoms with Gasteiger partial charge in [0.25, 0.3) is 0 Å². The Morgan fingerprint density at radius 3 is 3.11 bits per heavy atom. The van der Waals surface area contributed by atoms with Crippen LogP contribution in [0.25, 0.3) is 0 Å². The fraction of sp³-hybridized carbons (Fsp3) is 0.273. The van der Waals surface area contributed by atoms with Gasteiger partial charge in [-0.25, -0.2) is 0 Å². The number of cyclic esters (lactones) is 1. The van der Waals surface area contributed by atoms with Crippen LogP contribution in [0.1, 0.15) is 0 Å². The van der Waals surface area contributed by atoms with E-state index < -0.39 is 12.2 Å². The molecule has 1 heterocycles. The number of hydrogen-bond donors (Lipinski definition) is 0. The summed E-state index contributed by atoms with van der Waals surface area (Å²) in [5.41, 5.74) is 0.449. The van der Waals surface area contributed by atoms with Crippen LogP contribution < -0.4 is 4.90 Å². The van der Waals surface area contributed by atoms with Crippen LogP contribution >= 0.6 is 22.6 Å². The predicted molar refractivity (Wildman–Crippen MR) is 76.5 cm³/mol. The summed E-state index contributed by atoms with van der Waals surface area (Å²) < 4.78 is 29.1. The first-order chi connectivity index (χ1) is 9.11. The molecule has 0 N–H and O–H groups in total. The van der Waals surface area contributed by atoms with Gasteiger partial charge < -0.3 is 0 Å². The maximum absolute atomic E-state index is 13.5. The molecular formula is C11H9BFIN2O3. The van der Waals surface area contributed by atoms with E-state index in [9.17, 15) is 13.9 Å². The summed E-state index contributed by atoms with van der Waals surface area (Å²) in [4.78, 5) is 16.8. The fourth-order valence-electron chi connectivity index (χ4n) is 1.70. The minimum absolute atomic E-state index is 0.216. The molecule has 1 aromatic carbocycles. The van der Waals surface area contributed by atoms with Gasteiger partial charge in [0, 0.05) is 0 Å². The van der Waals surface area contributed by atoms with Crippen LogP contribution in [-0.2, 0) is 9.44 Å². The van der Waals surface area contributed by atoms with Crippen molar-refractivity contribution in [2.45, 2.75) is 6.10 Å². The number of ether oxygens (including phenoxy) is 1. The number of aliphatic imine (C=N–C) groups is 1. The Labute approximate surface area is 123 Å². The van der Waals surface area contributed by atoms with E-state index in [4.69, 9.17) is 4.74 Å². The number of hydrogen-bond acceptors (Lipinski definition) is 4. The maximum atomic E-state index is 13.5. The molecule has 0 spiro atoms. The molecule has 1 aromatic rings. The summed E-state index contributed by atoms with van der Waals surface area (Å²) in [7, 11) is 0.559. The molecular weight excluding hydrogens is 365 g/mol.